The lowest BCUT2D eigenvalue weighted by atomic mass is 10.0. The highest BCUT2D eigenvalue weighted by molar-refractivity contribution is 7.12. The number of thiophene rings is 1. The Morgan fingerprint density at radius 1 is 1.53 bits per heavy atom. The van der Waals surface area contributed by atoms with E-state index >= 15 is 0 Å². The molecule has 1 aromatic rings. The highest BCUT2D eigenvalue weighted by Crippen LogP contribution is 2.15. The lowest BCUT2D eigenvalue weighted by molar-refractivity contribution is -0.120. The minimum atomic E-state index is -0.372. The van der Waals surface area contributed by atoms with E-state index in [1.165, 1.54) is 4.88 Å². The first-order valence-corrected chi connectivity index (χ1v) is 6.57. The number of aryl methyl sites for hydroxylation is 1. The van der Waals surface area contributed by atoms with E-state index in [0.29, 0.717) is 18.8 Å². The van der Waals surface area contributed by atoms with Crippen LogP contribution in [0.15, 0.2) is 12.1 Å². The minimum Gasteiger partial charge on any atom is -0.340 e. The average molecular weight is 250 g/mol. The van der Waals surface area contributed by atoms with E-state index in [1.807, 2.05) is 32.9 Å². The second-order valence-corrected chi connectivity index (χ2v) is 5.94. The van der Waals surface area contributed by atoms with Crippen molar-refractivity contribution < 1.29 is 4.79 Å². The van der Waals surface area contributed by atoms with Crippen molar-refractivity contribution in [1.82, 2.24) is 5.32 Å². The van der Waals surface area contributed by atoms with Gasteiger partial charge in [0.2, 0.25) is 5.91 Å². The van der Waals surface area contributed by atoms with Crippen LogP contribution in [0.3, 0.4) is 0 Å². The van der Waals surface area contributed by atoms with E-state index in [2.05, 4.69) is 11.4 Å². The zero-order chi connectivity index (χ0) is 12.8. The Labute approximate surface area is 106 Å². The fourth-order valence-corrected chi connectivity index (χ4v) is 2.49. The molecule has 1 atom stereocenters. The molecule has 17 heavy (non-hydrogen) atoms. The van der Waals surface area contributed by atoms with Crippen molar-refractivity contribution in [2.24, 2.45) is 5.92 Å². The summed E-state index contributed by atoms with van der Waals surface area (Å²) in [5.74, 6) is 0.336. The Balaban J connectivity index is 2.46. The van der Waals surface area contributed by atoms with Crippen LogP contribution in [0.1, 0.15) is 30.0 Å². The van der Waals surface area contributed by atoms with E-state index in [1.54, 1.807) is 11.3 Å². The first-order valence-electron chi connectivity index (χ1n) is 5.75. The molecule has 0 unspecified atom stereocenters. The number of carbonyl (C=O) groups excluding carboxylic acids is 1. The Kier molecular flexibility index (Phi) is 5.17. The maximum atomic E-state index is 11.7. The summed E-state index contributed by atoms with van der Waals surface area (Å²) in [6.45, 7) is 6.10. The Morgan fingerprint density at radius 2 is 2.24 bits per heavy atom. The number of nitrogens with one attached hydrogen (secondary N) is 1. The molecule has 0 bridgehead atoms. The molecule has 0 radical (unpaired) electrons. The standard InChI is InChI=1S/C13H18N2OS/c1-9(2)6-11(8-14)15-13(16)7-12-5-4-10(3)17-12/h4-5,9,11H,6-7H2,1-3H3,(H,15,16)/t11-/m1/s1. The summed E-state index contributed by atoms with van der Waals surface area (Å²) < 4.78 is 0. The summed E-state index contributed by atoms with van der Waals surface area (Å²) in [7, 11) is 0. The number of amides is 1. The molecule has 0 aliphatic heterocycles. The van der Waals surface area contributed by atoms with E-state index in [4.69, 9.17) is 5.26 Å². The molecule has 1 N–H and O–H groups in total. The van der Waals surface area contributed by atoms with Crippen LogP contribution in [0.4, 0.5) is 0 Å². The molecule has 92 valence electrons. The van der Waals surface area contributed by atoms with Crippen LogP contribution in [-0.4, -0.2) is 11.9 Å². The predicted octanol–water partition coefficient (Wildman–Crippen LogP) is 2.65. The number of carbonyl (C=O) groups is 1. The van der Waals surface area contributed by atoms with Gasteiger partial charge < -0.3 is 5.32 Å². The van der Waals surface area contributed by atoms with Gasteiger partial charge in [-0.3, -0.25) is 4.79 Å². The van der Waals surface area contributed by atoms with Crippen molar-refractivity contribution >= 4 is 17.2 Å². The Bertz CT molecular complexity index is 417. The first-order chi connectivity index (χ1) is 8.01. The molecule has 0 saturated heterocycles. The van der Waals surface area contributed by atoms with Gasteiger partial charge in [-0.15, -0.1) is 11.3 Å². The molecule has 1 amide bonds. The van der Waals surface area contributed by atoms with Crippen molar-refractivity contribution in [3.05, 3.63) is 21.9 Å². The van der Waals surface area contributed by atoms with Crippen molar-refractivity contribution in [2.45, 2.75) is 39.7 Å². The summed E-state index contributed by atoms with van der Waals surface area (Å²) in [4.78, 5) is 14.0. The van der Waals surface area contributed by atoms with Crippen LogP contribution >= 0.6 is 11.3 Å². The smallest absolute Gasteiger partial charge is 0.226 e. The van der Waals surface area contributed by atoms with Crippen LogP contribution in [0.25, 0.3) is 0 Å². The summed E-state index contributed by atoms with van der Waals surface area (Å²) >= 11 is 1.62. The third-order valence-corrected chi connectivity index (χ3v) is 3.33. The zero-order valence-corrected chi connectivity index (χ0v) is 11.3. The second-order valence-electron chi connectivity index (χ2n) is 4.57. The average Bonchev–Trinajstić information content (AvgIpc) is 2.62. The third-order valence-electron chi connectivity index (χ3n) is 2.33. The van der Waals surface area contributed by atoms with Gasteiger partial charge in [0.15, 0.2) is 0 Å². The van der Waals surface area contributed by atoms with Crippen LogP contribution in [0, 0.1) is 24.2 Å². The molecular weight excluding hydrogens is 232 g/mol. The van der Waals surface area contributed by atoms with Crippen LogP contribution in [0.5, 0.6) is 0 Å². The van der Waals surface area contributed by atoms with E-state index in [0.717, 1.165) is 4.88 Å². The SMILES string of the molecule is Cc1ccc(CC(=O)N[C@@H](C#N)CC(C)C)s1. The predicted molar refractivity (Wildman–Crippen MR) is 69.8 cm³/mol. The Hall–Kier alpha value is -1.34. The Morgan fingerprint density at radius 3 is 2.71 bits per heavy atom. The number of nitrogens with zero attached hydrogens (tertiary/aromatic N) is 1. The molecule has 0 spiro atoms. The van der Waals surface area contributed by atoms with E-state index in [-0.39, 0.29) is 11.9 Å². The lowest BCUT2D eigenvalue weighted by Crippen LogP contribution is -2.35. The van der Waals surface area contributed by atoms with Crippen molar-refractivity contribution in [3.63, 3.8) is 0 Å². The lowest BCUT2D eigenvalue weighted by Gasteiger charge is -2.13. The minimum absolute atomic E-state index is 0.0703. The third kappa shape index (κ3) is 5.01. The molecule has 1 heterocycles. The van der Waals surface area contributed by atoms with Gasteiger partial charge in [0.05, 0.1) is 12.5 Å². The number of hydrogen-bond acceptors (Lipinski definition) is 3. The van der Waals surface area contributed by atoms with E-state index in [9.17, 15) is 4.79 Å². The maximum Gasteiger partial charge on any atom is 0.226 e. The largest absolute Gasteiger partial charge is 0.340 e. The highest BCUT2D eigenvalue weighted by Gasteiger charge is 2.13. The van der Waals surface area contributed by atoms with Crippen LogP contribution < -0.4 is 5.32 Å². The van der Waals surface area contributed by atoms with Gasteiger partial charge in [-0.05, 0) is 31.4 Å². The molecule has 0 saturated carbocycles. The van der Waals surface area contributed by atoms with Crippen molar-refractivity contribution in [2.75, 3.05) is 0 Å². The highest BCUT2D eigenvalue weighted by atomic mass is 32.1. The number of nitriles is 1. The van der Waals surface area contributed by atoms with Gasteiger partial charge in [0.25, 0.3) is 0 Å². The molecule has 1 aromatic heterocycles. The molecular formula is C13H18N2OS. The van der Waals surface area contributed by atoms with Gasteiger partial charge in [-0.1, -0.05) is 13.8 Å². The second kappa shape index (κ2) is 6.41. The molecule has 4 heteroatoms. The van der Waals surface area contributed by atoms with Crippen LogP contribution in [0.2, 0.25) is 0 Å². The van der Waals surface area contributed by atoms with Gasteiger partial charge >= 0.3 is 0 Å². The number of rotatable bonds is 5. The normalized spacial score (nSPS) is 12.2. The molecule has 0 fully saturated rings. The maximum absolute atomic E-state index is 11.7. The van der Waals surface area contributed by atoms with E-state index < -0.39 is 0 Å². The fraction of sp³-hybridized carbons (Fsp3) is 0.538. The van der Waals surface area contributed by atoms with Gasteiger partial charge in [0, 0.05) is 9.75 Å². The molecule has 0 aliphatic carbocycles. The first kappa shape index (κ1) is 13.7. The summed E-state index contributed by atoms with van der Waals surface area (Å²) in [6, 6.07) is 5.72. The van der Waals surface area contributed by atoms with Gasteiger partial charge in [0.1, 0.15) is 6.04 Å². The fourth-order valence-electron chi connectivity index (χ4n) is 1.60. The topological polar surface area (TPSA) is 52.9 Å². The zero-order valence-electron chi connectivity index (χ0n) is 10.5. The van der Waals surface area contributed by atoms with Crippen molar-refractivity contribution in [3.8, 4) is 6.07 Å². The summed E-state index contributed by atoms with van der Waals surface area (Å²) in [6.07, 6.45) is 1.07. The quantitative estimate of drug-likeness (QED) is 0.873. The van der Waals surface area contributed by atoms with Gasteiger partial charge in [-0.25, -0.2) is 0 Å². The molecule has 0 aromatic carbocycles. The number of hydrogen-bond donors (Lipinski definition) is 1. The van der Waals surface area contributed by atoms with Crippen LogP contribution in [-0.2, 0) is 11.2 Å². The van der Waals surface area contributed by atoms with Gasteiger partial charge in [-0.2, -0.15) is 5.26 Å². The van der Waals surface area contributed by atoms with Crippen molar-refractivity contribution in [1.29, 1.82) is 5.26 Å². The summed E-state index contributed by atoms with van der Waals surface area (Å²) in [5.41, 5.74) is 0. The monoisotopic (exact) mass is 250 g/mol. The molecule has 1 rings (SSSR count). The molecule has 3 nitrogen and oxygen atoms in total. The molecule has 0 aliphatic rings. The summed E-state index contributed by atoms with van der Waals surface area (Å²) in [5, 5.41) is 11.7.